The fourth-order valence-electron chi connectivity index (χ4n) is 0.598. The van der Waals surface area contributed by atoms with Crippen LogP contribution in [0.3, 0.4) is 0 Å². The molecule has 0 spiro atoms. The van der Waals surface area contributed by atoms with Crippen LogP contribution < -0.4 is 0 Å². The maximum atomic E-state index is 9.99. The van der Waals surface area contributed by atoms with E-state index >= 15 is 0 Å². The highest BCUT2D eigenvalue weighted by Crippen LogP contribution is 2.22. The Balaban J connectivity index is 2.68. The lowest BCUT2D eigenvalue weighted by Crippen LogP contribution is -2.10. The molecule has 1 rings (SSSR count). The van der Waals surface area contributed by atoms with Crippen molar-refractivity contribution in [1.82, 2.24) is 4.90 Å². The smallest absolute Gasteiger partial charge is 0.157 e. The van der Waals surface area contributed by atoms with Crippen molar-refractivity contribution in [3.05, 3.63) is 5.03 Å². The molecule has 0 radical (unpaired) electrons. The Kier molecular flexibility index (Phi) is 1.61. The normalized spacial score (nSPS) is 19.1. The van der Waals surface area contributed by atoms with Crippen LogP contribution in [0.25, 0.3) is 0 Å². The Morgan fingerprint density at radius 1 is 1.88 bits per heavy atom. The average molecular weight is 129 g/mol. The van der Waals surface area contributed by atoms with E-state index in [9.17, 15) is 4.79 Å². The zero-order chi connectivity index (χ0) is 5.98. The molecule has 3 heteroatoms. The van der Waals surface area contributed by atoms with Gasteiger partial charge in [-0.2, -0.15) is 0 Å². The molecule has 0 amide bonds. The van der Waals surface area contributed by atoms with Crippen molar-refractivity contribution in [2.24, 2.45) is 0 Å². The van der Waals surface area contributed by atoms with Crippen LogP contribution in [0.1, 0.15) is 0 Å². The van der Waals surface area contributed by atoms with E-state index in [1.165, 1.54) is 0 Å². The zero-order valence-electron chi connectivity index (χ0n) is 4.68. The number of carbonyl (C=O) groups excluding carboxylic acids is 1. The first-order valence-electron chi connectivity index (χ1n) is 2.43. The van der Waals surface area contributed by atoms with Gasteiger partial charge < -0.3 is 4.90 Å². The first-order valence-corrected chi connectivity index (χ1v) is 3.42. The third-order valence-corrected chi connectivity index (χ3v) is 2.15. The second kappa shape index (κ2) is 2.25. The Hall–Kier alpha value is -0.400. The molecular formula is C5H7NOS. The highest BCUT2D eigenvalue weighted by atomic mass is 32.2. The summed E-state index contributed by atoms with van der Waals surface area (Å²) < 4.78 is 0. The van der Waals surface area contributed by atoms with Crippen LogP contribution in [0.15, 0.2) is 5.03 Å². The van der Waals surface area contributed by atoms with Crippen molar-refractivity contribution in [2.45, 2.75) is 0 Å². The van der Waals surface area contributed by atoms with E-state index in [1.54, 1.807) is 11.8 Å². The third-order valence-electron chi connectivity index (χ3n) is 1.10. The minimum absolute atomic E-state index is 0.741. The summed E-state index contributed by atoms with van der Waals surface area (Å²) >= 11 is 1.57. The van der Waals surface area contributed by atoms with Gasteiger partial charge in [-0.15, -0.1) is 0 Å². The first kappa shape index (κ1) is 5.73. The minimum Gasteiger partial charge on any atom is -0.360 e. The third kappa shape index (κ3) is 0.881. The van der Waals surface area contributed by atoms with Crippen LogP contribution in [-0.2, 0) is 4.79 Å². The fraction of sp³-hybridized carbons (Fsp3) is 0.600. The highest BCUT2D eigenvalue weighted by molar-refractivity contribution is 8.03. The minimum atomic E-state index is 0.741. The number of rotatable bonds is 0. The van der Waals surface area contributed by atoms with Gasteiger partial charge in [0.1, 0.15) is 0 Å². The Labute approximate surface area is 52.5 Å². The molecule has 1 aliphatic heterocycles. The van der Waals surface area contributed by atoms with Crippen molar-refractivity contribution < 1.29 is 4.79 Å². The van der Waals surface area contributed by atoms with Crippen LogP contribution in [0.2, 0.25) is 0 Å². The van der Waals surface area contributed by atoms with E-state index in [1.807, 2.05) is 17.9 Å². The maximum absolute atomic E-state index is 9.99. The van der Waals surface area contributed by atoms with E-state index in [0.29, 0.717) is 0 Å². The Morgan fingerprint density at radius 2 is 2.62 bits per heavy atom. The van der Waals surface area contributed by atoms with Gasteiger partial charge >= 0.3 is 0 Å². The summed E-state index contributed by atoms with van der Waals surface area (Å²) in [4.78, 5) is 11.9. The van der Waals surface area contributed by atoms with Gasteiger partial charge in [-0.1, -0.05) is 11.8 Å². The van der Waals surface area contributed by atoms with Gasteiger partial charge in [0.05, 0.1) is 0 Å². The van der Waals surface area contributed by atoms with Gasteiger partial charge in [-0.25, -0.2) is 4.79 Å². The van der Waals surface area contributed by atoms with E-state index in [-0.39, 0.29) is 0 Å². The summed E-state index contributed by atoms with van der Waals surface area (Å²) in [6.45, 7) is 0.981. The molecular weight excluding hydrogens is 122 g/mol. The molecule has 1 saturated heterocycles. The molecule has 1 heterocycles. The summed E-state index contributed by atoms with van der Waals surface area (Å²) in [6.07, 6.45) is 0. The number of thioether (sulfide) groups is 1. The number of hydrogen-bond donors (Lipinski definition) is 0. The van der Waals surface area contributed by atoms with Gasteiger partial charge in [-0.05, 0) is 0 Å². The molecule has 2 nitrogen and oxygen atoms in total. The second-order valence-electron chi connectivity index (χ2n) is 1.68. The predicted octanol–water partition coefficient (Wildman–Crippen LogP) is 0.338. The predicted molar refractivity (Wildman–Crippen MR) is 34.3 cm³/mol. The van der Waals surface area contributed by atoms with Crippen molar-refractivity contribution in [2.75, 3.05) is 19.3 Å². The monoisotopic (exact) mass is 129 g/mol. The van der Waals surface area contributed by atoms with Crippen LogP contribution in [-0.4, -0.2) is 30.2 Å². The highest BCUT2D eigenvalue weighted by Gasteiger charge is 2.12. The van der Waals surface area contributed by atoms with E-state index in [4.69, 9.17) is 0 Å². The quantitative estimate of drug-likeness (QED) is 0.440. The van der Waals surface area contributed by atoms with Gasteiger partial charge in [0, 0.05) is 19.3 Å². The van der Waals surface area contributed by atoms with Crippen LogP contribution >= 0.6 is 11.8 Å². The lowest BCUT2D eigenvalue weighted by atomic mass is 10.6. The average Bonchev–Trinajstić information content (AvgIpc) is 2.14. The molecule has 0 aromatic heterocycles. The molecule has 0 aromatic rings. The van der Waals surface area contributed by atoms with Crippen LogP contribution in [0.5, 0.6) is 0 Å². The van der Waals surface area contributed by atoms with E-state index in [0.717, 1.165) is 17.3 Å². The lowest BCUT2D eigenvalue weighted by Gasteiger charge is -2.04. The number of hydrogen-bond acceptors (Lipinski definition) is 3. The van der Waals surface area contributed by atoms with Crippen LogP contribution in [0, 0.1) is 0 Å². The maximum Gasteiger partial charge on any atom is 0.157 e. The molecule has 0 saturated carbocycles. The number of nitrogens with zero attached hydrogens (tertiary/aromatic N) is 1. The van der Waals surface area contributed by atoms with Crippen molar-refractivity contribution in [3.8, 4) is 0 Å². The second-order valence-corrected chi connectivity index (χ2v) is 2.76. The van der Waals surface area contributed by atoms with E-state index in [2.05, 4.69) is 0 Å². The molecule has 0 N–H and O–H groups in total. The molecule has 0 bridgehead atoms. The van der Waals surface area contributed by atoms with Gasteiger partial charge in [-0.3, -0.25) is 0 Å². The van der Waals surface area contributed by atoms with Crippen molar-refractivity contribution in [1.29, 1.82) is 0 Å². The Bertz CT molecular complexity index is 139. The van der Waals surface area contributed by atoms with Crippen molar-refractivity contribution >= 4 is 17.7 Å². The van der Waals surface area contributed by atoms with Crippen molar-refractivity contribution in [3.63, 3.8) is 0 Å². The van der Waals surface area contributed by atoms with Gasteiger partial charge in [0.15, 0.2) is 11.0 Å². The molecule has 1 aliphatic rings. The molecule has 1 fully saturated rings. The summed E-state index contributed by atoms with van der Waals surface area (Å²) in [5.74, 6) is 2.90. The Morgan fingerprint density at radius 3 is 2.88 bits per heavy atom. The summed E-state index contributed by atoms with van der Waals surface area (Å²) in [7, 11) is 1.90. The molecule has 44 valence electrons. The summed E-state index contributed by atoms with van der Waals surface area (Å²) in [6, 6.07) is 0. The topological polar surface area (TPSA) is 20.3 Å². The molecule has 0 aromatic carbocycles. The molecule has 0 atom stereocenters. The lowest BCUT2D eigenvalue weighted by molar-refractivity contribution is 0.488. The molecule has 8 heavy (non-hydrogen) atoms. The van der Waals surface area contributed by atoms with E-state index < -0.39 is 0 Å². The fourth-order valence-corrected chi connectivity index (χ4v) is 1.53. The SMILES string of the molecule is CN1CCSC1=C=O. The first-order chi connectivity index (χ1) is 3.84. The largest absolute Gasteiger partial charge is 0.360 e. The standard InChI is InChI=1S/C5H7NOS/c1-6-2-3-8-5(6)4-7/h2-3H2,1H3. The molecule has 0 aliphatic carbocycles. The van der Waals surface area contributed by atoms with Crippen LogP contribution in [0.4, 0.5) is 0 Å². The van der Waals surface area contributed by atoms with Gasteiger partial charge in [0.2, 0.25) is 0 Å². The molecule has 0 unspecified atom stereocenters. The summed E-state index contributed by atoms with van der Waals surface area (Å²) in [5.41, 5.74) is 0. The van der Waals surface area contributed by atoms with Gasteiger partial charge in [0.25, 0.3) is 0 Å². The summed E-state index contributed by atoms with van der Waals surface area (Å²) in [5, 5.41) is 0.741. The zero-order valence-corrected chi connectivity index (χ0v) is 5.49.